The average molecular weight is 474 g/mol. The summed E-state index contributed by atoms with van der Waals surface area (Å²) < 4.78 is 0. The molecule has 1 aromatic heterocycles. The maximum absolute atomic E-state index is 12.8. The zero-order valence-corrected chi connectivity index (χ0v) is 19.9. The molecule has 0 unspecified atom stereocenters. The van der Waals surface area contributed by atoms with Gasteiger partial charge in [0.1, 0.15) is 0 Å². The summed E-state index contributed by atoms with van der Waals surface area (Å²) in [5.41, 5.74) is 2.44. The van der Waals surface area contributed by atoms with E-state index in [4.69, 9.17) is 11.6 Å². The third-order valence-corrected chi connectivity index (χ3v) is 6.96. The normalized spacial score (nSPS) is 14.7. The maximum Gasteiger partial charge on any atom is 0.256 e. The fraction of sp³-hybridized carbons (Fsp3) is 0.286. The highest BCUT2D eigenvalue weighted by Crippen LogP contribution is 2.23. The first-order valence-electron chi connectivity index (χ1n) is 11.9. The molecule has 0 radical (unpaired) electrons. The van der Waals surface area contributed by atoms with Crippen molar-refractivity contribution < 1.29 is 4.79 Å². The summed E-state index contributed by atoms with van der Waals surface area (Å²) >= 11 is 6.13. The first-order valence-corrected chi connectivity index (χ1v) is 12.3. The minimum absolute atomic E-state index is 0.122. The molecule has 0 atom stereocenters. The lowest BCUT2D eigenvalue weighted by molar-refractivity contribution is 0.0978. The molecule has 1 saturated heterocycles. The lowest BCUT2D eigenvalue weighted by atomic mass is 10.0. The quantitative estimate of drug-likeness (QED) is 0.218. The van der Waals surface area contributed by atoms with Crippen LogP contribution in [0.2, 0.25) is 5.02 Å². The molecule has 1 aliphatic rings. The van der Waals surface area contributed by atoms with Gasteiger partial charge in [0.15, 0.2) is 5.78 Å². The largest absolute Gasteiger partial charge is 0.369 e. The maximum atomic E-state index is 12.8. The molecule has 1 N–H and O–H groups in total. The third kappa shape index (κ3) is 4.86. The molecule has 3 aromatic carbocycles. The summed E-state index contributed by atoms with van der Waals surface area (Å²) in [7, 11) is 0. The van der Waals surface area contributed by atoms with E-state index in [1.807, 2.05) is 60.7 Å². The number of unbranched alkanes of at least 4 members (excludes halogenated alkanes) is 1. The summed E-state index contributed by atoms with van der Waals surface area (Å²) in [6.45, 7) is 5.03. The van der Waals surface area contributed by atoms with Gasteiger partial charge in [0.05, 0.1) is 0 Å². The number of hydrogen-bond acceptors (Lipinski definition) is 4. The van der Waals surface area contributed by atoms with Gasteiger partial charge in [-0.3, -0.25) is 14.5 Å². The number of carbonyl (C=O) groups excluding carboxylic acids is 1. The van der Waals surface area contributed by atoms with E-state index in [0.29, 0.717) is 22.9 Å². The molecule has 5 nitrogen and oxygen atoms in total. The van der Waals surface area contributed by atoms with Crippen LogP contribution in [-0.4, -0.2) is 48.4 Å². The van der Waals surface area contributed by atoms with Crippen molar-refractivity contribution in [2.24, 2.45) is 0 Å². The van der Waals surface area contributed by atoms with Crippen molar-refractivity contribution >= 4 is 44.7 Å². The minimum Gasteiger partial charge on any atom is -0.369 e. The molecule has 0 bridgehead atoms. The molecule has 0 saturated carbocycles. The summed E-state index contributed by atoms with van der Waals surface area (Å²) in [5, 5.41) is 3.32. The van der Waals surface area contributed by atoms with E-state index in [1.54, 1.807) is 0 Å². The Morgan fingerprint density at radius 3 is 2.44 bits per heavy atom. The molecule has 174 valence electrons. The first-order chi connectivity index (χ1) is 16.6. The SMILES string of the molecule is O=C(CCCCN1CCN(c2cccc(Cl)c2)CC1)c1ccc2c(c1)[nH]c(=O)c1ccccc12. The van der Waals surface area contributed by atoms with E-state index < -0.39 is 0 Å². The number of H-pyrrole nitrogens is 1. The van der Waals surface area contributed by atoms with Gasteiger partial charge < -0.3 is 9.88 Å². The van der Waals surface area contributed by atoms with Crippen LogP contribution in [0.3, 0.4) is 0 Å². The number of Topliss-reactive ketones (excluding diaryl/α,β-unsaturated/α-hetero) is 1. The van der Waals surface area contributed by atoms with E-state index in [9.17, 15) is 9.59 Å². The number of pyridine rings is 1. The number of carbonyl (C=O) groups is 1. The third-order valence-electron chi connectivity index (χ3n) is 6.73. The van der Waals surface area contributed by atoms with Gasteiger partial charge in [-0.1, -0.05) is 48.0 Å². The Balaban J connectivity index is 1.13. The average Bonchev–Trinajstić information content (AvgIpc) is 2.87. The minimum atomic E-state index is -0.122. The molecule has 34 heavy (non-hydrogen) atoms. The van der Waals surface area contributed by atoms with Crippen LogP contribution in [0.25, 0.3) is 21.7 Å². The standard InChI is InChI=1S/C28H28ClN3O2/c29-21-6-5-7-22(19-21)32-16-14-31(15-17-32)13-4-3-10-27(33)20-11-12-24-23-8-1-2-9-25(23)28(34)30-26(24)18-20/h1-2,5-9,11-12,18-19H,3-4,10,13-17H2,(H,30,34). The molecule has 0 spiro atoms. The summed E-state index contributed by atoms with van der Waals surface area (Å²) in [6, 6.07) is 21.2. The van der Waals surface area contributed by atoms with Crippen LogP contribution in [0.15, 0.2) is 71.5 Å². The first kappa shape index (κ1) is 22.6. The Morgan fingerprint density at radius 2 is 1.65 bits per heavy atom. The predicted octanol–water partition coefficient (Wildman–Crippen LogP) is 5.51. The van der Waals surface area contributed by atoms with Crippen LogP contribution in [0.4, 0.5) is 5.69 Å². The van der Waals surface area contributed by atoms with Crippen LogP contribution in [0.1, 0.15) is 29.6 Å². The molecule has 4 aromatic rings. The van der Waals surface area contributed by atoms with Crippen molar-refractivity contribution in [3.8, 4) is 0 Å². The lowest BCUT2D eigenvalue weighted by Gasteiger charge is -2.36. The Labute approximate surface area is 203 Å². The number of ketones is 1. The second-order valence-corrected chi connectivity index (χ2v) is 9.39. The van der Waals surface area contributed by atoms with E-state index in [-0.39, 0.29) is 11.3 Å². The van der Waals surface area contributed by atoms with Crippen LogP contribution in [-0.2, 0) is 0 Å². The molecule has 1 fully saturated rings. The van der Waals surface area contributed by atoms with Gasteiger partial charge in [0.25, 0.3) is 5.56 Å². The summed E-state index contributed by atoms with van der Waals surface area (Å²) in [5.74, 6) is 0.127. The second kappa shape index (κ2) is 10.00. The van der Waals surface area contributed by atoms with Crippen molar-refractivity contribution in [3.63, 3.8) is 0 Å². The van der Waals surface area contributed by atoms with Crippen molar-refractivity contribution in [2.75, 3.05) is 37.6 Å². The zero-order chi connectivity index (χ0) is 23.5. The molecule has 0 aliphatic carbocycles. The fourth-order valence-electron chi connectivity index (χ4n) is 4.83. The number of nitrogens with one attached hydrogen (secondary N) is 1. The molecule has 5 rings (SSSR count). The molecular formula is C28H28ClN3O2. The van der Waals surface area contributed by atoms with E-state index in [1.165, 1.54) is 5.69 Å². The number of hydrogen-bond donors (Lipinski definition) is 1. The van der Waals surface area contributed by atoms with Gasteiger partial charge in [0, 0.05) is 65.2 Å². The highest BCUT2D eigenvalue weighted by molar-refractivity contribution is 6.30. The number of anilines is 1. The van der Waals surface area contributed by atoms with Crippen molar-refractivity contribution in [2.45, 2.75) is 19.3 Å². The summed E-state index contributed by atoms with van der Waals surface area (Å²) in [6.07, 6.45) is 2.38. The monoisotopic (exact) mass is 473 g/mol. The number of benzene rings is 3. The van der Waals surface area contributed by atoms with Crippen molar-refractivity contribution in [1.29, 1.82) is 0 Å². The van der Waals surface area contributed by atoms with E-state index in [0.717, 1.165) is 61.4 Å². The van der Waals surface area contributed by atoms with Gasteiger partial charge >= 0.3 is 0 Å². The van der Waals surface area contributed by atoms with Gasteiger partial charge in [-0.15, -0.1) is 0 Å². The van der Waals surface area contributed by atoms with Crippen molar-refractivity contribution in [3.05, 3.63) is 87.7 Å². The van der Waals surface area contributed by atoms with Gasteiger partial charge in [-0.2, -0.15) is 0 Å². The van der Waals surface area contributed by atoms with Gasteiger partial charge in [-0.25, -0.2) is 0 Å². The summed E-state index contributed by atoms with van der Waals surface area (Å²) in [4.78, 5) is 33.0. The fourth-order valence-corrected chi connectivity index (χ4v) is 5.01. The topological polar surface area (TPSA) is 56.4 Å². The van der Waals surface area contributed by atoms with Crippen LogP contribution >= 0.6 is 11.6 Å². The van der Waals surface area contributed by atoms with Crippen LogP contribution in [0, 0.1) is 0 Å². The van der Waals surface area contributed by atoms with Crippen LogP contribution in [0.5, 0.6) is 0 Å². The number of nitrogens with zero attached hydrogens (tertiary/aromatic N) is 2. The highest BCUT2D eigenvalue weighted by Gasteiger charge is 2.17. The predicted molar refractivity (Wildman–Crippen MR) is 140 cm³/mol. The zero-order valence-electron chi connectivity index (χ0n) is 19.1. The molecular weight excluding hydrogens is 446 g/mol. The number of aromatic nitrogens is 1. The molecule has 1 aliphatic heterocycles. The van der Waals surface area contributed by atoms with E-state index >= 15 is 0 Å². The number of fused-ring (bicyclic) bond motifs is 3. The Hall–Kier alpha value is -3.15. The van der Waals surface area contributed by atoms with E-state index in [2.05, 4.69) is 20.9 Å². The smallest absolute Gasteiger partial charge is 0.256 e. The molecule has 6 heteroatoms. The van der Waals surface area contributed by atoms with Crippen LogP contribution < -0.4 is 10.5 Å². The second-order valence-electron chi connectivity index (χ2n) is 8.95. The number of piperazine rings is 1. The highest BCUT2D eigenvalue weighted by atomic mass is 35.5. The number of rotatable bonds is 7. The molecule has 0 amide bonds. The van der Waals surface area contributed by atoms with Crippen molar-refractivity contribution in [1.82, 2.24) is 9.88 Å². The number of aromatic amines is 1. The molecule has 2 heterocycles. The Bertz CT molecular complexity index is 1390. The number of halogens is 1. The Morgan fingerprint density at radius 1 is 0.853 bits per heavy atom. The van der Waals surface area contributed by atoms with Gasteiger partial charge in [0.2, 0.25) is 0 Å². The Kier molecular flexibility index (Phi) is 6.66. The lowest BCUT2D eigenvalue weighted by Crippen LogP contribution is -2.46. The van der Waals surface area contributed by atoms with Gasteiger partial charge in [-0.05, 0) is 55.1 Å².